The summed E-state index contributed by atoms with van der Waals surface area (Å²) in [5.41, 5.74) is 0.296. The number of halogens is 1. The van der Waals surface area contributed by atoms with Crippen molar-refractivity contribution in [3.63, 3.8) is 0 Å². The average molecular weight is 289 g/mol. The Hall–Kier alpha value is 0.210. The van der Waals surface area contributed by atoms with Gasteiger partial charge in [-0.25, -0.2) is 0 Å². The van der Waals surface area contributed by atoms with Crippen LogP contribution >= 0.6 is 11.6 Å². The van der Waals surface area contributed by atoms with Crippen molar-refractivity contribution in [2.75, 3.05) is 6.61 Å². The first kappa shape index (κ1) is 15.6. The van der Waals surface area contributed by atoms with Gasteiger partial charge in [-0.05, 0) is 24.2 Å². The first-order valence-corrected chi connectivity index (χ1v) is 8.29. The highest BCUT2D eigenvalue weighted by atomic mass is 35.5. The van der Waals surface area contributed by atoms with Gasteiger partial charge in [-0.3, -0.25) is 0 Å². The van der Waals surface area contributed by atoms with Gasteiger partial charge in [0.1, 0.15) is 0 Å². The molecule has 2 nitrogen and oxygen atoms in total. The number of hydrogen-bond acceptors (Lipinski definition) is 2. The molecule has 2 aliphatic heterocycles. The number of hydrogen-bond donors (Lipinski definition) is 0. The van der Waals surface area contributed by atoms with Crippen LogP contribution in [0.25, 0.3) is 0 Å². The van der Waals surface area contributed by atoms with Gasteiger partial charge in [0.15, 0.2) is 5.79 Å². The molecule has 3 heteroatoms. The lowest BCUT2D eigenvalue weighted by Gasteiger charge is -2.50. The van der Waals surface area contributed by atoms with E-state index in [9.17, 15) is 0 Å². The minimum atomic E-state index is -0.417. The molecule has 0 aromatic heterocycles. The third kappa shape index (κ3) is 3.65. The van der Waals surface area contributed by atoms with Crippen LogP contribution in [0.3, 0.4) is 0 Å². The summed E-state index contributed by atoms with van der Waals surface area (Å²) in [6.45, 7) is 9.91. The van der Waals surface area contributed by atoms with E-state index in [-0.39, 0.29) is 11.5 Å². The molecule has 1 spiro atoms. The van der Waals surface area contributed by atoms with Crippen molar-refractivity contribution in [1.29, 1.82) is 0 Å². The van der Waals surface area contributed by atoms with Crippen LogP contribution < -0.4 is 0 Å². The molecule has 0 unspecified atom stereocenters. The molecule has 112 valence electrons. The third-order valence-electron chi connectivity index (χ3n) is 4.85. The fourth-order valence-electron chi connectivity index (χ4n) is 3.74. The number of rotatable bonds is 3. The second kappa shape index (κ2) is 5.91. The fourth-order valence-corrected chi connectivity index (χ4v) is 4.15. The van der Waals surface area contributed by atoms with Crippen molar-refractivity contribution in [2.24, 2.45) is 11.3 Å². The van der Waals surface area contributed by atoms with Crippen LogP contribution in [0.15, 0.2) is 0 Å². The highest BCUT2D eigenvalue weighted by Crippen LogP contribution is 2.47. The molecular formula is C16H29ClO2. The first-order valence-electron chi connectivity index (χ1n) is 7.85. The Balaban J connectivity index is 2.12. The van der Waals surface area contributed by atoms with E-state index >= 15 is 0 Å². The topological polar surface area (TPSA) is 18.5 Å². The van der Waals surface area contributed by atoms with Gasteiger partial charge in [0.2, 0.25) is 0 Å². The maximum absolute atomic E-state index is 6.53. The van der Waals surface area contributed by atoms with Gasteiger partial charge in [-0.15, -0.1) is 11.6 Å². The van der Waals surface area contributed by atoms with Crippen LogP contribution in [0, 0.1) is 11.3 Å². The molecule has 0 aliphatic carbocycles. The smallest absolute Gasteiger partial charge is 0.170 e. The van der Waals surface area contributed by atoms with Crippen molar-refractivity contribution in [2.45, 2.75) is 83.5 Å². The molecule has 2 fully saturated rings. The van der Waals surface area contributed by atoms with Gasteiger partial charge in [-0.2, -0.15) is 0 Å². The molecule has 0 aromatic rings. The van der Waals surface area contributed by atoms with E-state index in [1.54, 1.807) is 0 Å². The van der Waals surface area contributed by atoms with Crippen molar-refractivity contribution < 1.29 is 9.47 Å². The van der Waals surface area contributed by atoms with E-state index in [0.29, 0.717) is 11.3 Å². The lowest BCUT2D eigenvalue weighted by atomic mass is 9.77. The Morgan fingerprint density at radius 1 is 1.26 bits per heavy atom. The standard InChI is InChI=1S/C16H29ClO2/c1-5-12(6-2)14-9-13(17)10-16(19-14)11-15(3,4)7-8-18-16/h12-14H,5-11H2,1-4H3/t13-,14-,16+/m1/s1. The summed E-state index contributed by atoms with van der Waals surface area (Å²) in [6, 6.07) is 0. The molecule has 0 N–H and O–H groups in total. The molecule has 2 aliphatic rings. The molecule has 0 aromatic carbocycles. The van der Waals surface area contributed by atoms with E-state index in [1.165, 1.54) is 0 Å². The van der Waals surface area contributed by atoms with E-state index in [0.717, 1.165) is 45.1 Å². The predicted molar refractivity (Wildman–Crippen MR) is 79.5 cm³/mol. The number of ether oxygens (including phenoxy) is 2. The fraction of sp³-hybridized carbons (Fsp3) is 1.00. The minimum absolute atomic E-state index is 0.188. The highest BCUT2D eigenvalue weighted by molar-refractivity contribution is 6.20. The molecule has 19 heavy (non-hydrogen) atoms. The monoisotopic (exact) mass is 288 g/mol. The van der Waals surface area contributed by atoms with Gasteiger partial charge in [0.25, 0.3) is 0 Å². The van der Waals surface area contributed by atoms with Crippen molar-refractivity contribution in [3.8, 4) is 0 Å². The van der Waals surface area contributed by atoms with Crippen LogP contribution in [0.1, 0.15) is 66.2 Å². The lowest BCUT2D eigenvalue weighted by molar-refractivity contribution is -0.316. The van der Waals surface area contributed by atoms with E-state index in [4.69, 9.17) is 21.1 Å². The van der Waals surface area contributed by atoms with Crippen LogP contribution in [0.5, 0.6) is 0 Å². The third-order valence-corrected chi connectivity index (χ3v) is 5.19. The first-order chi connectivity index (χ1) is 8.90. The van der Waals surface area contributed by atoms with Gasteiger partial charge < -0.3 is 9.47 Å². The molecule has 0 saturated carbocycles. The molecule has 2 rings (SSSR count). The van der Waals surface area contributed by atoms with Crippen molar-refractivity contribution in [1.82, 2.24) is 0 Å². The Labute approximate surface area is 123 Å². The second-order valence-corrected chi connectivity index (χ2v) is 7.74. The molecule has 2 heterocycles. The zero-order chi connectivity index (χ0) is 14.1. The zero-order valence-electron chi connectivity index (χ0n) is 12.9. The van der Waals surface area contributed by atoms with E-state index in [1.807, 2.05) is 0 Å². The Bertz CT molecular complexity index is 301. The Morgan fingerprint density at radius 2 is 1.95 bits per heavy atom. The summed E-state index contributed by atoms with van der Waals surface area (Å²) in [7, 11) is 0. The van der Waals surface area contributed by atoms with E-state index < -0.39 is 5.79 Å². The minimum Gasteiger partial charge on any atom is -0.350 e. The average Bonchev–Trinajstić information content (AvgIpc) is 2.27. The van der Waals surface area contributed by atoms with Crippen molar-refractivity contribution in [3.05, 3.63) is 0 Å². The van der Waals surface area contributed by atoms with Gasteiger partial charge in [-0.1, -0.05) is 40.5 Å². The Kier molecular flexibility index (Phi) is 4.85. The summed E-state index contributed by atoms with van der Waals surface area (Å²) < 4.78 is 12.5. The van der Waals surface area contributed by atoms with Crippen LogP contribution in [-0.2, 0) is 9.47 Å². The van der Waals surface area contributed by atoms with E-state index in [2.05, 4.69) is 27.7 Å². The SMILES string of the molecule is CCC(CC)[C@H]1C[C@@H](Cl)C[C@@]2(CC(C)(C)CCO2)O1. The van der Waals surface area contributed by atoms with Gasteiger partial charge >= 0.3 is 0 Å². The summed E-state index contributed by atoms with van der Waals surface area (Å²) in [5, 5.41) is 0.188. The van der Waals surface area contributed by atoms with Crippen LogP contribution in [0.2, 0.25) is 0 Å². The van der Waals surface area contributed by atoms with Gasteiger partial charge in [0, 0.05) is 18.2 Å². The molecule has 0 amide bonds. The van der Waals surface area contributed by atoms with Crippen LogP contribution in [-0.4, -0.2) is 23.9 Å². The van der Waals surface area contributed by atoms with Crippen LogP contribution in [0.4, 0.5) is 0 Å². The number of alkyl halides is 1. The zero-order valence-corrected chi connectivity index (χ0v) is 13.6. The molecule has 2 saturated heterocycles. The normalized spacial score (nSPS) is 38.8. The predicted octanol–water partition coefficient (Wildman–Crippen LogP) is 4.74. The van der Waals surface area contributed by atoms with Crippen molar-refractivity contribution >= 4 is 11.6 Å². The van der Waals surface area contributed by atoms with Gasteiger partial charge in [0.05, 0.1) is 12.7 Å². The molecule has 0 radical (unpaired) electrons. The summed E-state index contributed by atoms with van der Waals surface area (Å²) in [6.07, 6.45) is 6.48. The maximum Gasteiger partial charge on any atom is 0.170 e. The summed E-state index contributed by atoms with van der Waals surface area (Å²) >= 11 is 6.53. The summed E-state index contributed by atoms with van der Waals surface area (Å²) in [4.78, 5) is 0. The molecule has 3 atom stereocenters. The second-order valence-electron chi connectivity index (χ2n) is 7.12. The summed E-state index contributed by atoms with van der Waals surface area (Å²) in [5.74, 6) is 0.187. The molecule has 0 bridgehead atoms. The highest BCUT2D eigenvalue weighted by Gasteiger charge is 2.48. The maximum atomic E-state index is 6.53. The Morgan fingerprint density at radius 3 is 2.53 bits per heavy atom. The lowest BCUT2D eigenvalue weighted by Crippen LogP contribution is -2.53. The quantitative estimate of drug-likeness (QED) is 0.698. The molecular weight excluding hydrogens is 260 g/mol. The largest absolute Gasteiger partial charge is 0.350 e.